The number of carbonyl (C=O) groups excluding carboxylic acids is 1. The van der Waals surface area contributed by atoms with E-state index in [1.54, 1.807) is 6.07 Å². The molecule has 1 aromatic rings. The second kappa shape index (κ2) is 4.28. The van der Waals surface area contributed by atoms with Crippen molar-refractivity contribution < 1.29 is 17.6 Å². The van der Waals surface area contributed by atoms with Gasteiger partial charge in [-0.05, 0) is 37.1 Å². The molecule has 5 nitrogen and oxygen atoms in total. The van der Waals surface area contributed by atoms with E-state index in [4.69, 9.17) is 5.73 Å². The minimum atomic E-state index is -3.65. The van der Waals surface area contributed by atoms with E-state index in [0.29, 0.717) is 11.1 Å². The average Bonchev–Trinajstić information content (AvgIpc) is 2.34. The van der Waals surface area contributed by atoms with Crippen LogP contribution in [0, 0.1) is 5.82 Å². The molecule has 0 aliphatic carbocycles. The van der Waals surface area contributed by atoms with E-state index in [9.17, 15) is 17.6 Å². The van der Waals surface area contributed by atoms with Gasteiger partial charge in [-0.25, -0.2) is 17.1 Å². The van der Waals surface area contributed by atoms with Crippen LogP contribution < -0.4 is 5.73 Å². The van der Waals surface area contributed by atoms with Crippen molar-refractivity contribution in [2.75, 3.05) is 0 Å². The molecule has 1 saturated heterocycles. The zero-order valence-corrected chi connectivity index (χ0v) is 11.5. The van der Waals surface area contributed by atoms with Crippen molar-refractivity contribution in [3.63, 3.8) is 0 Å². The molecule has 1 heterocycles. The van der Waals surface area contributed by atoms with Crippen LogP contribution in [0.25, 0.3) is 0 Å². The molecular weight excluding hydrogens is 271 g/mol. The second-order valence-corrected chi connectivity index (χ2v) is 7.41. The van der Waals surface area contributed by atoms with Gasteiger partial charge in [0.2, 0.25) is 0 Å². The Morgan fingerprint density at radius 2 is 1.84 bits per heavy atom. The predicted octanol–water partition coefficient (Wildman–Crippen LogP) is 0.735. The Morgan fingerprint density at radius 1 is 1.26 bits per heavy atom. The molecule has 104 valence electrons. The molecule has 0 spiro atoms. The van der Waals surface area contributed by atoms with Gasteiger partial charge in [0.05, 0.1) is 6.54 Å². The van der Waals surface area contributed by atoms with Crippen LogP contribution in [0.15, 0.2) is 18.2 Å². The van der Waals surface area contributed by atoms with Gasteiger partial charge in [0.25, 0.3) is 15.9 Å². The summed E-state index contributed by atoms with van der Waals surface area (Å²) in [4.78, 5) is 11.8. The molecule has 2 N–H and O–H groups in total. The normalized spacial score (nSPS) is 20.2. The van der Waals surface area contributed by atoms with Gasteiger partial charge in [0, 0.05) is 6.54 Å². The Morgan fingerprint density at radius 3 is 2.37 bits per heavy atom. The molecule has 1 amide bonds. The number of halogens is 1. The third-order valence-electron chi connectivity index (χ3n) is 3.26. The van der Waals surface area contributed by atoms with Crippen LogP contribution in [-0.4, -0.2) is 23.4 Å². The van der Waals surface area contributed by atoms with Crippen molar-refractivity contribution in [1.82, 2.24) is 4.31 Å². The van der Waals surface area contributed by atoms with Gasteiger partial charge in [0.1, 0.15) is 5.82 Å². The predicted molar refractivity (Wildman–Crippen MR) is 67.8 cm³/mol. The number of carbonyl (C=O) groups is 1. The lowest BCUT2D eigenvalue weighted by atomic mass is 10.1. The Hall–Kier alpha value is -1.47. The van der Waals surface area contributed by atoms with Gasteiger partial charge in [-0.2, -0.15) is 0 Å². The highest BCUT2D eigenvalue weighted by Crippen LogP contribution is 2.36. The van der Waals surface area contributed by atoms with Crippen molar-refractivity contribution in [2.24, 2.45) is 5.73 Å². The summed E-state index contributed by atoms with van der Waals surface area (Å²) in [5, 5.41) is 0. The summed E-state index contributed by atoms with van der Waals surface area (Å²) in [6.45, 7) is 2.71. The molecule has 0 bridgehead atoms. The molecule has 0 radical (unpaired) electrons. The number of nitrogens with two attached hydrogens (primary N) is 1. The molecule has 0 saturated carbocycles. The number of rotatable bonds is 3. The van der Waals surface area contributed by atoms with Gasteiger partial charge in [0.15, 0.2) is 4.75 Å². The average molecular weight is 286 g/mol. The van der Waals surface area contributed by atoms with Crippen LogP contribution in [0.4, 0.5) is 4.39 Å². The van der Waals surface area contributed by atoms with Crippen molar-refractivity contribution in [3.05, 3.63) is 35.1 Å². The standard InChI is InChI=1S/C12H15FN2O3S/c1-12(2)11(16)15(19(12,17)18)7-9-3-8(6-14)4-10(13)5-9/h3-5H,6-7,14H2,1-2H3. The van der Waals surface area contributed by atoms with E-state index < -0.39 is 26.5 Å². The van der Waals surface area contributed by atoms with Crippen molar-refractivity contribution in [1.29, 1.82) is 0 Å². The van der Waals surface area contributed by atoms with Gasteiger partial charge in [-0.1, -0.05) is 6.07 Å². The van der Waals surface area contributed by atoms with E-state index in [1.807, 2.05) is 0 Å². The maximum absolute atomic E-state index is 13.3. The maximum atomic E-state index is 13.3. The summed E-state index contributed by atoms with van der Waals surface area (Å²) >= 11 is 0. The SMILES string of the molecule is CC1(C)C(=O)N(Cc2cc(F)cc(CN)c2)S1(=O)=O. The fourth-order valence-electron chi connectivity index (χ4n) is 2.01. The van der Waals surface area contributed by atoms with Crippen LogP contribution in [-0.2, 0) is 27.9 Å². The number of nitrogens with zero attached hydrogens (tertiary/aromatic N) is 1. The molecule has 0 aromatic heterocycles. The Bertz CT molecular complexity index is 640. The lowest BCUT2D eigenvalue weighted by Gasteiger charge is -2.43. The monoisotopic (exact) mass is 286 g/mol. The summed E-state index contributed by atoms with van der Waals surface area (Å²) in [5.74, 6) is -0.978. The Labute approximate surface area is 111 Å². The van der Waals surface area contributed by atoms with Crippen LogP contribution in [0.3, 0.4) is 0 Å². The molecule has 0 unspecified atom stereocenters. The number of amides is 1. The minimum absolute atomic E-state index is 0.150. The highest BCUT2D eigenvalue weighted by Gasteiger charge is 2.59. The molecule has 0 atom stereocenters. The van der Waals surface area contributed by atoms with Crippen LogP contribution in [0.1, 0.15) is 25.0 Å². The Kier molecular flexibility index (Phi) is 3.14. The van der Waals surface area contributed by atoms with Crippen LogP contribution in [0.5, 0.6) is 0 Å². The summed E-state index contributed by atoms with van der Waals surface area (Å²) in [6, 6.07) is 4.07. The van der Waals surface area contributed by atoms with Crippen LogP contribution >= 0.6 is 0 Å². The third-order valence-corrected chi connectivity index (χ3v) is 5.60. The van der Waals surface area contributed by atoms with Gasteiger partial charge >= 0.3 is 0 Å². The molecule has 1 aromatic carbocycles. The summed E-state index contributed by atoms with van der Waals surface area (Å²) in [6.07, 6.45) is 0. The first-order valence-electron chi connectivity index (χ1n) is 5.75. The van der Waals surface area contributed by atoms with E-state index in [2.05, 4.69) is 0 Å². The molecule has 19 heavy (non-hydrogen) atoms. The van der Waals surface area contributed by atoms with E-state index in [1.165, 1.54) is 26.0 Å². The smallest absolute Gasteiger partial charge is 0.259 e. The quantitative estimate of drug-likeness (QED) is 0.888. The van der Waals surface area contributed by atoms with Gasteiger partial charge < -0.3 is 5.73 Å². The molecular formula is C12H15FN2O3S. The molecule has 7 heteroatoms. The maximum Gasteiger partial charge on any atom is 0.259 e. The third kappa shape index (κ3) is 2.02. The molecule has 1 fully saturated rings. The van der Waals surface area contributed by atoms with Gasteiger partial charge in [-0.3, -0.25) is 4.79 Å². The topological polar surface area (TPSA) is 80.5 Å². The minimum Gasteiger partial charge on any atom is -0.326 e. The van der Waals surface area contributed by atoms with Crippen LogP contribution in [0.2, 0.25) is 0 Å². The summed E-state index contributed by atoms with van der Waals surface area (Å²) < 4.78 is 36.5. The summed E-state index contributed by atoms with van der Waals surface area (Å²) in [5.41, 5.74) is 6.39. The fourth-order valence-corrected chi connectivity index (χ4v) is 3.52. The molecule has 1 aliphatic rings. The largest absolute Gasteiger partial charge is 0.326 e. The summed E-state index contributed by atoms with van der Waals surface area (Å²) in [7, 11) is -3.65. The van der Waals surface area contributed by atoms with E-state index >= 15 is 0 Å². The first-order chi connectivity index (χ1) is 8.70. The first kappa shape index (κ1) is 14.0. The fraction of sp³-hybridized carbons (Fsp3) is 0.417. The zero-order chi connectivity index (χ0) is 14.4. The highest BCUT2D eigenvalue weighted by molar-refractivity contribution is 7.94. The van der Waals surface area contributed by atoms with E-state index in [-0.39, 0.29) is 13.1 Å². The number of hydrogen-bond donors (Lipinski definition) is 1. The van der Waals surface area contributed by atoms with Crippen molar-refractivity contribution in [2.45, 2.75) is 31.7 Å². The highest BCUT2D eigenvalue weighted by atomic mass is 32.2. The van der Waals surface area contributed by atoms with Crippen molar-refractivity contribution in [3.8, 4) is 0 Å². The Balaban J connectivity index is 2.29. The zero-order valence-electron chi connectivity index (χ0n) is 10.7. The lowest BCUT2D eigenvalue weighted by molar-refractivity contribution is -0.132. The van der Waals surface area contributed by atoms with Crippen molar-refractivity contribution >= 4 is 15.9 Å². The number of benzene rings is 1. The lowest BCUT2D eigenvalue weighted by Crippen LogP contribution is -2.66. The second-order valence-electron chi connectivity index (χ2n) is 5.00. The first-order valence-corrected chi connectivity index (χ1v) is 7.19. The molecule has 1 aliphatic heterocycles. The van der Waals surface area contributed by atoms with E-state index in [0.717, 1.165) is 4.31 Å². The van der Waals surface area contributed by atoms with Gasteiger partial charge in [-0.15, -0.1) is 0 Å². The number of hydrogen-bond acceptors (Lipinski definition) is 4. The molecule has 2 rings (SSSR count). The number of sulfonamides is 1.